The third-order valence-corrected chi connectivity index (χ3v) is 4.28. The van der Waals surface area contributed by atoms with Crippen LogP contribution < -0.4 is 5.56 Å². The fourth-order valence-electron chi connectivity index (χ4n) is 2.40. The molecule has 0 atom stereocenters. The number of fused-ring (bicyclic) bond motifs is 5. The van der Waals surface area contributed by atoms with Gasteiger partial charge in [-0.1, -0.05) is 0 Å². The lowest BCUT2D eigenvalue weighted by Crippen LogP contribution is -2.05. The largest absolute Gasteiger partial charge is 0.453 e. The number of aromatic nitrogens is 1. The van der Waals surface area contributed by atoms with E-state index in [0.717, 1.165) is 12.1 Å². The number of aromatic amines is 1. The van der Waals surface area contributed by atoms with Crippen LogP contribution in [0.4, 0.5) is 13.2 Å². The van der Waals surface area contributed by atoms with E-state index < -0.39 is 11.7 Å². The quantitative estimate of drug-likeness (QED) is 0.519. The number of H-pyrrole nitrogens is 1. The molecule has 0 aliphatic rings. The van der Waals surface area contributed by atoms with Crippen molar-refractivity contribution < 1.29 is 17.6 Å². The van der Waals surface area contributed by atoms with Gasteiger partial charge >= 0.3 is 6.18 Å². The maximum absolute atomic E-state index is 12.8. The summed E-state index contributed by atoms with van der Waals surface area (Å²) in [6.07, 6.45) is -4.44. The summed E-state index contributed by atoms with van der Waals surface area (Å²) in [5.74, 6) is 0. The second-order valence-corrected chi connectivity index (χ2v) is 5.55. The lowest BCUT2D eigenvalue weighted by atomic mass is 10.1. The Hall–Kier alpha value is -2.28. The highest BCUT2D eigenvalue weighted by Gasteiger charge is 2.31. The van der Waals surface area contributed by atoms with Gasteiger partial charge in [-0.05, 0) is 29.6 Å². The van der Waals surface area contributed by atoms with Gasteiger partial charge in [0, 0.05) is 5.39 Å². The van der Waals surface area contributed by atoms with Gasteiger partial charge in [0.1, 0.15) is 5.58 Å². The molecule has 106 valence electrons. The monoisotopic (exact) mass is 309 g/mol. The zero-order chi connectivity index (χ0) is 14.8. The van der Waals surface area contributed by atoms with Gasteiger partial charge in [-0.25, -0.2) is 0 Å². The minimum absolute atomic E-state index is 0.257. The maximum Gasteiger partial charge on any atom is 0.416 e. The van der Waals surface area contributed by atoms with Crippen molar-refractivity contribution in [2.75, 3.05) is 0 Å². The summed E-state index contributed by atoms with van der Waals surface area (Å²) in [5.41, 5.74) is -0.0804. The van der Waals surface area contributed by atoms with Crippen LogP contribution in [0, 0.1) is 0 Å². The molecule has 1 aromatic carbocycles. The lowest BCUT2D eigenvalue weighted by Gasteiger charge is -2.05. The Kier molecular flexibility index (Phi) is 2.30. The van der Waals surface area contributed by atoms with Gasteiger partial charge < -0.3 is 9.40 Å². The van der Waals surface area contributed by atoms with Crippen LogP contribution in [0.25, 0.3) is 32.2 Å². The molecule has 0 fully saturated rings. The van der Waals surface area contributed by atoms with Crippen LogP contribution in [0.5, 0.6) is 0 Å². The Bertz CT molecular complexity index is 1060. The molecule has 0 spiro atoms. The molecule has 0 unspecified atom stereocenters. The second kappa shape index (κ2) is 3.88. The number of furan rings is 1. The summed E-state index contributed by atoms with van der Waals surface area (Å²) >= 11 is 1.32. The number of pyridine rings is 1. The van der Waals surface area contributed by atoms with Crippen LogP contribution in [0.15, 0.2) is 38.9 Å². The molecular weight excluding hydrogens is 303 g/mol. The predicted octanol–water partition coefficient (Wildman–Crippen LogP) is 4.51. The minimum Gasteiger partial charge on any atom is -0.453 e. The summed E-state index contributed by atoms with van der Waals surface area (Å²) in [6.45, 7) is 0. The van der Waals surface area contributed by atoms with Crippen molar-refractivity contribution in [1.82, 2.24) is 4.98 Å². The molecule has 0 bridgehead atoms. The van der Waals surface area contributed by atoms with Crippen LogP contribution in [0.2, 0.25) is 0 Å². The zero-order valence-corrected chi connectivity index (χ0v) is 11.1. The van der Waals surface area contributed by atoms with Gasteiger partial charge in [0.15, 0.2) is 5.58 Å². The molecule has 3 aromatic heterocycles. The van der Waals surface area contributed by atoms with E-state index >= 15 is 0 Å². The Labute approximate surface area is 118 Å². The molecular formula is C14H6F3NO2S. The van der Waals surface area contributed by atoms with Crippen molar-refractivity contribution in [2.24, 2.45) is 0 Å². The van der Waals surface area contributed by atoms with Crippen molar-refractivity contribution in [3.05, 3.63) is 45.6 Å². The van der Waals surface area contributed by atoms with Crippen molar-refractivity contribution in [1.29, 1.82) is 0 Å². The molecule has 0 saturated carbocycles. The highest BCUT2D eigenvalue weighted by atomic mass is 32.1. The number of hydrogen-bond donors (Lipinski definition) is 1. The number of rotatable bonds is 0. The van der Waals surface area contributed by atoms with E-state index in [1.807, 2.05) is 0 Å². The smallest absolute Gasteiger partial charge is 0.416 e. The SMILES string of the molecule is O=c1[nH]c2c3cc(C(F)(F)F)ccc3oc2c2sccc12. The molecule has 7 heteroatoms. The van der Waals surface area contributed by atoms with Crippen molar-refractivity contribution >= 4 is 43.5 Å². The summed E-state index contributed by atoms with van der Waals surface area (Å²) in [5, 5.41) is 2.48. The first-order valence-electron chi connectivity index (χ1n) is 5.98. The average Bonchev–Trinajstić information content (AvgIpc) is 3.01. The molecule has 0 amide bonds. The van der Waals surface area contributed by atoms with Crippen molar-refractivity contribution in [2.45, 2.75) is 6.18 Å². The van der Waals surface area contributed by atoms with Gasteiger partial charge in [0.2, 0.25) is 0 Å². The van der Waals surface area contributed by atoms with Crippen LogP contribution in [-0.2, 0) is 6.18 Å². The number of benzene rings is 1. The Morgan fingerprint density at radius 2 is 1.95 bits per heavy atom. The standard InChI is InChI=1S/C14H6F3NO2S/c15-14(16,17)6-1-2-9-8(5-6)10-11(20-9)12-7(3-4-21-12)13(19)18-10/h1-5H,(H,18,19). The average molecular weight is 309 g/mol. The molecule has 0 saturated heterocycles. The fourth-order valence-corrected chi connectivity index (χ4v) is 3.28. The van der Waals surface area contributed by atoms with E-state index in [-0.39, 0.29) is 10.9 Å². The summed E-state index contributed by atoms with van der Waals surface area (Å²) < 4.78 is 44.7. The summed E-state index contributed by atoms with van der Waals surface area (Å²) in [7, 11) is 0. The first-order valence-corrected chi connectivity index (χ1v) is 6.86. The molecule has 3 nitrogen and oxygen atoms in total. The molecule has 0 radical (unpaired) electrons. The van der Waals surface area contributed by atoms with E-state index in [4.69, 9.17) is 4.42 Å². The summed E-state index contributed by atoms with van der Waals surface area (Å²) in [4.78, 5) is 14.6. The molecule has 4 aromatic rings. The normalized spacial score (nSPS) is 12.7. The number of nitrogens with one attached hydrogen (secondary N) is 1. The van der Waals surface area contributed by atoms with Gasteiger partial charge in [-0.3, -0.25) is 4.79 Å². The van der Waals surface area contributed by atoms with Crippen molar-refractivity contribution in [3.8, 4) is 0 Å². The number of alkyl halides is 3. The maximum atomic E-state index is 12.8. The first-order chi connectivity index (χ1) is 9.95. The molecule has 0 aliphatic heterocycles. The summed E-state index contributed by atoms with van der Waals surface area (Å²) in [6, 6.07) is 4.90. The molecule has 0 aliphatic carbocycles. The highest BCUT2D eigenvalue weighted by Crippen LogP contribution is 2.37. The third kappa shape index (κ3) is 1.70. The topological polar surface area (TPSA) is 46.0 Å². The molecule has 3 heterocycles. The second-order valence-electron chi connectivity index (χ2n) is 4.63. The van der Waals surface area contributed by atoms with E-state index in [9.17, 15) is 18.0 Å². The number of thiophene rings is 1. The minimum atomic E-state index is -4.44. The van der Waals surface area contributed by atoms with Gasteiger partial charge in [-0.15, -0.1) is 11.3 Å². The molecule has 1 N–H and O–H groups in total. The molecule has 21 heavy (non-hydrogen) atoms. The van der Waals surface area contributed by atoms with E-state index in [0.29, 0.717) is 26.8 Å². The van der Waals surface area contributed by atoms with Gasteiger partial charge in [0.25, 0.3) is 5.56 Å². The fraction of sp³-hybridized carbons (Fsp3) is 0.0714. The third-order valence-electron chi connectivity index (χ3n) is 3.37. The van der Waals surface area contributed by atoms with Gasteiger partial charge in [-0.2, -0.15) is 13.2 Å². The number of halogens is 3. The predicted molar refractivity (Wildman–Crippen MR) is 74.7 cm³/mol. The van der Waals surface area contributed by atoms with E-state index in [1.54, 1.807) is 11.4 Å². The van der Waals surface area contributed by atoms with E-state index in [2.05, 4.69) is 4.98 Å². The van der Waals surface area contributed by atoms with Crippen LogP contribution in [0.1, 0.15) is 5.56 Å². The Morgan fingerprint density at radius 3 is 2.71 bits per heavy atom. The highest BCUT2D eigenvalue weighted by molar-refractivity contribution is 7.18. The zero-order valence-electron chi connectivity index (χ0n) is 10.2. The molecule has 4 rings (SSSR count). The van der Waals surface area contributed by atoms with E-state index in [1.165, 1.54) is 17.4 Å². The van der Waals surface area contributed by atoms with Gasteiger partial charge in [0.05, 0.1) is 21.2 Å². The Balaban J connectivity index is 2.20. The van der Waals surface area contributed by atoms with Crippen LogP contribution in [-0.4, -0.2) is 4.98 Å². The van der Waals surface area contributed by atoms with Crippen LogP contribution in [0.3, 0.4) is 0 Å². The van der Waals surface area contributed by atoms with Crippen molar-refractivity contribution in [3.63, 3.8) is 0 Å². The number of hydrogen-bond acceptors (Lipinski definition) is 3. The first kappa shape index (κ1) is 12.5. The lowest BCUT2D eigenvalue weighted by molar-refractivity contribution is -0.137. The van der Waals surface area contributed by atoms with Crippen LogP contribution >= 0.6 is 11.3 Å². The Morgan fingerprint density at radius 1 is 1.14 bits per heavy atom.